The first kappa shape index (κ1) is 12.1. The van der Waals surface area contributed by atoms with Crippen molar-refractivity contribution in [2.75, 3.05) is 13.2 Å². The fraction of sp³-hybridized carbons (Fsp3) is 0.364. The molecule has 18 heavy (non-hydrogen) atoms. The molecule has 1 atom stereocenters. The Labute approximate surface area is 113 Å². The van der Waals surface area contributed by atoms with Gasteiger partial charge >= 0.3 is 0 Å². The van der Waals surface area contributed by atoms with E-state index in [2.05, 4.69) is 9.71 Å². The Morgan fingerprint density at radius 1 is 1.61 bits per heavy atom. The molecule has 0 saturated carbocycles. The summed E-state index contributed by atoms with van der Waals surface area (Å²) in [5.74, 6) is 0.251. The van der Waals surface area contributed by atoms with Gasteiger partial charge in [0.05, 0.1) is 28.3 Å². The highest BCUT2D eigenvalue weighted by Gasteiger charge is 2.31. The first-order valence-electron chi connectivity index (χ1n) is 5.57. The number of halogens is 2. The molecule has 0 aromatic heterocycles. The lowest BCUT2D eigenvalue weighted by atomic mass is 10.1. The number of aliphatic imine (C=N–C) groups is 1. The number of fused-ring (bicyclic) bond motifs is 1. The zero-order chi connectivity index (χ0) is 12.7. The number of benzene rings is 1. The SMILES string of the molecule is OCC1CCN1C1=Nc2cc(Cl)c(F)cc2SN1. The van der Waals surface area contributed by atoms with Crippen molar-refractivity contribution in [2.24, 2.45) is 4.99 Å². The van der Waals surface area contributed by atoms with Crippen LogP contribution < -0.4 is 4.72 Å². The third kappa shape index (κ3) is 1.94. The van der Waals surface area contributed by atoms with Crippen LogP contribution in [0.2, 0.25) is 5.02 Å². The fourth-order valence-electron chi connectivity index (χ4n) is 1.96. The molecule has 1 fully saturated rings. The van der Waals surface area contributed by atoms with Crippen LogP contribution in [0.15, 0.2) is 22.0 Å². The number of guanidine groups is 1. The third-order valence-corrected chi connectivity index (χ3v) is 4.23. The monoisotopic (exact) mass is 287 g/mol. The first-order chi connectivity index (χ1) is 8.69. The summed E-state index contributed by atoms with van der Waals surface area (Å²) in [5.41, 5.74) is 0.656. The van der Waals surface area contributed by atoms with Crippen LogP contribution in [0.4, 0.5) is 10.1 Å². The Morgan fingerprint density at radius 3 is 3.11 bits per heavy atom. The number of nitrogens with zero attached hydrogens (tertiary/aromatic N) is 2. The molecular weight excluding hydrogens is 277 g/mol. The van der Waals surface area contributed by atoms with Crippen LogP contribution in [-0.2, 0) is 0 Å². The second-order valence-electron chi connectivity index (χ2n) is 4.19. The average molecular weight is 288 g/mol. The normalized spacial score (nSPS) is 21.8. The molecule has 2 aliphatic heterocycles. The lowest BCUT2D eigenvalue weighted by Gasteiger charge is -2.42. The number of nitrogens with one attached hydrogen (secondary N) is 1. The maximum absolute atomic E-state index is 13.3. The standard InChI is InChI=1S/C11H11ClFN3OS/c12-7-3-9-10(4-8(7)13)18-15-11(14-9)16-2-1-6(16)5-17/h3-4,6,17H,1-2,5H2,(H,14,15). The summed E-state index contributed by atoms with van der Waals surface area (Å²) in [7, 11) is 0. The van der Waals surface area contributed by atoms with Gasteiger partial charge in [0.2, 0.25) is 5.96 Å². The number of aliphatic hydroxyl groups excluding tert-OH is 1. The van der Waals surface area contributed by atoms with E-state index in [1.165, 1.54) is 24.1 Å². The second kappa shape index (κ2) is 4.60. The maximum atomic E-state index is 13.3. The van der Waals surface area contributed by atoms with Gasteiger partial charge in [-0.25, -0.2) is 9.38 Å². The number of likely N-dealkylation sites (tertiary alicyclic amines) is 1. The molecule has 2 N–H and O–H groups in total. The van der Waals surface area contributed by atoms with Crippen molar-refractivity contribution in [2.45, 2.75) is 17.4 Å². The molecule has 0 radical (unpaired) electrons. The number of hydrogen-bond donors (Lipinski definition) is 2. The van der Waals surface area contributed by atoms with Crippen LogP contribution >= 0.6 is 23.5 Å². The highest BCUT2D eigenvalue weighted by atomic mass is 35.5. The van der Waals surface area contributed by atoms with Crippen molar-refractivity contribution in [1.82, 2.24) is 9.62 Å². The van der Waals surface area contributed by atoms with Crippen LogP contribution in [0.3, 0.4) is 0 Å². The van der Waals surface area contributed by atoms with Crippen molar-refractivity contribution < 1.29 is 9.50 Å². The zero-order valence-electron chi connectivity index (χ0n) is 9.36. The van der Waals surface area contributed by atoms with Gasteiger partial charge in [0.1, 0.15) is 5.82 Å². The van der Waals surface area contributed by atoms with Gasteiger partial charge in [-0.15, -0.1) is 0 Å². The summed E-state index contributed by atoms with van der Waals surface area (Å²) < 4.78 is 16.4. The maximum Gasteiger partial charge on any atom is 0.210 e. The summed E-state index contributed by atoms with van der Waals surface area (Å²) in [6.45, 7) is 0.976. The molecule has 4 nitrogen and oxygen atoms in total. The van der Waals surface area contributed by atoms with Gasteiger partial charge in [-0.05, 0) is 30.5 Å². The highest BCUT2D eigenvalue weighted by molar-refractivity contribution is 7.98. The predicted octanol–water partition coefficient (Wildman–Crippen LogP) is 2.14. The number of rotatable bonds is 1. The molecule has 96 valence electrons. The number of aliphatic hydroxyl groups is 1. The third-order valence-electron chi connectivity index (χ3n) is 3.11. The molecule has 1 aromatic carbocycles. The predicted molar refractivity (Wildman–Crippen MR) is 69.7 cm³/mol. The van der Waals surface area contributed by atoms with Gasteiger partial charge in [0.15, 0.2) is 0 Å². The fourth-order valence-corrected chi connectivity index (χ4v) is 2.85. The summed E-state index contributed by atoms with van der Waals surface area (Å²) in [6, 6.07) is 3.01. The largest absolute Gasteiger partial charge is 0.394 e. The van der Waals surface area contributed by atoms with Crippen molar-refractivity contribution in [3.63, 3.8) is 0 Å². The molecular formula is C11H11ClFN3OS. The molecule has 7 heteroatoms. The lowest BCUT2D eigenvalue weighted by Crippen LogP contribution is -2.56. The summed E-state index contributed by atoms with van der Waals surface area (Å²) in [6.07, 6.45) is 0.957. The van der Waals surface area contributed by atoms with E-state index in [0.29, 0.717) is 16.5 Å². The molecule has 2 aliphatic rings. The summed E-state index contributed by atoms with van der Waals surface area (Å²) >= 11 is 7.06. The van der Waals surface area contributed by atoms with Crippen LogP contribution in [-0.4, -0.2) is 35.2 Å². The molecule has 1 aromatic rings. The quantitative estimate of drug-likeness (QED) is 0.777. The lowest BCUT2D eigenvalue weighted by molar-refractivity contribution is 0.103. The summed E-state index contributed by atoms with van der Waals surface area (Å²) in [5, 5.41) is 9.23. The van der Waals surface area contributed by atoms with Crippen molar-refractivity contribution in [3.05, 3.63) is 23.0 Å². The Balaban J connectivity index is 1.91. The van der Waals surface area contributed by atoms with Gasteiger partial charge in [-0.3, -0.25) is 4.72 Å². The molecule has 3 rings (SSSR count). The highest BCUT2D eigenvalue weighted by Crippen LogP contribution is 2.36. The van der Waals surface area contributed by atoms with E-state index in [-0.39, 0.29) is 17.7 Å². The van der Waals surface area contributed by atoms with Crippen molar-refractivity contribution in [3.8, 4) is 0 Å². The Kier molecular flexibility index (Phi) is 3.09. The van der Waals surface area contributed by atoms with Gasteiger partial charge in [0.25, 0.3) is 0 Å². The smallest absolute Gasteiger partial charge is 0.210 e. The minimum absolute atomic E-state index is 0.0710. The Bertz CT molecular complexity index is 523. The van der Waals surface area contributed by atoms with Gasteiger partial charge < -0.3 is 10.0 Å². The Morgan fingerprint density at radius 2 is 2.44 bits per heavy atom. The molecule has 2 heterocycles. The minimum Gasteiger partial charge on any atom is -0.394 e. The molecule has 0 aliphatic carbocycles. The van der Waals surface area contributed by atoms with E-state index >= 15 is 0 Å². The van der Waals surface area contributed by atoms with E-state index in [9.17, 15) is 4.39 Å². The van der Waals surface area contributed by atoms with Gasteiger partial charge in [0, 0.05) is 6.54 Å². The first-order valence-corrected chi connectivity index (χ1v) is 6.76. The molecule has 0 amide bonds. The van der Waals surface area contributed by atoms with E-state index in [4.69, 9.17) is 16.7 Å². The Hall–Kier alpha value is -0.980. The zero-order valence-corrected chi connectivity index (χ0v) is 10.9. The second-order valence-corrected chi connectivity index (χ2v) is 5.45. The van der Waals surface area contributed by atoms with Crippen LogP contribution in [0.25, 0.3) is 0 Å². The van der Waals surface area contributed by atoms with E-state index in [0.717, 1.165) is 13.0 Å². The van der Waals surface area contributed by atoms with Crippen molar-refractivity contribution >= 4 is 35.2 Å². The number of hydrogen-bond acceptors (Lipinski definition) is 5. The molecule has 0 spiro atoms. The van der Waals surface area contributed by atoms with E-state index in [1.54, 1.807) is 0 Å². The topological polar surface area (TPSA) is 47.9 Å². The van der Waals surface area contributed by atoms with E-state index < -0.39 is 5.82 Å². The molecule has 1 saturated heterocycles. The summed E-state index contributed by atoms with van der Waals surface area (Å²) in [4.78, 5) is 7.12. The van der Waals surface area contributed by atoms with Crippen LogP contribution in [0.5, 0.6) is 0 Å². The minimum atomic E-state index is -0.444. The molecule has 1 unspecified atom stereocenters. The average Bonchev–Trinajstić information content (AvgIpc) is 2.30. The van der Waals surface area contributed by atoms with Gasteiger partial charge in [-0.2, -0.15) is 0 Å². The van der Waals surface area contributed by atoms with Gasteiger partial charge in [-0.1, -0.05) is 11.6 Å². The van der Waals surface area contributed by atoms with Crippen LogP contribution in [0.1, 0.15) is 6.42 Å². The van der Waals surface area contributed by atoms with Crippen LogP contribution in [0, 0.1) is 5.82 Å². The van der Waals surface area contributed by atoms with Crippen molar-refractivity contribution in [1.29, 1.82) is 0 Å². The van der Waals surface area contributed by atoms with E-state index in [1.807, 2.05) is 4.90 Å². The molecule has 0 bridgehead atoms.